The molecular formula is C15H21ClN2O. The van der Waals surface area contributed by atoms with Gasteiger partial charge in [-0.05, 0) is 37.0 Å². The third kappa shape index (κ3) is 3.87. The Bertz CT molecular complexity index is 441. The van der Waals surface area contributed by atoms with Crippen LogP contribution >= 0.6 is 11.6 Å². The van der Waals surface area contributed by atoms with Crippen LogP contribution in [-0.2, 0) is 0 Å². The van der Waals surface area contributed by atoms with Crippen molar-refractivity contribution in [3.63, 3.8) is 0 Å². The van der Waals surface area contributed by atoms with Gasteiger partial charge in [0.05, 0.1) is 0 Å². The number of amides is 1. The highest BCUT2D eigenvalue weighted by Crippen LogP contribution is 2.27. The second-order valence-corrected chi connectivity index (χ2v) is 5.82. The molecule has 0 radical (unpaired) electrons. The number of halogens is 1. The maximum Gasteiger partial charge on any atom is 0.251 e. The number of hydrogen-bond donors (Lipinski definition) is 2. The van der Waals surface area contributed by atoms with Crippen molar-refractivity contribution >= 4 is 23.2 Å². The molecule has 1 aliphatic carbocycles. The van der Waals surface area contributed by atoms with Gasteiger partial charge >= 0.3 is 0 Å². The van der Waals surface area contributed by atoms with Crippen LogP contribution in [0.4, 0.5) is 5.69 Å². The zero-order valence-electron chi connectivity index (χ0n) is 11.3. The van der Waals surface area contributed by atoms with Gasteiger partial charge in [0.2, 0.25) is 0 Å². The Morgan fingerprint density at radius 3 is 2.89 bits per heavy atom. The number of nitrogens with two attached hydrogens (primary N) is 1. The molecule has 0 bridgehead atoms. The Morgan fingerprint density at radius 1 is 1.42 bits per heavy atom. The molecule has 1 fully saturated rings. The Hall–Kier alpha value is -1.22. The van der Waals surface area contributed by atoms with E-state index in [-0.39, 0.29) is 11.9 Å². The van der Waals surface area contributed by atoms with Crippen molar-refractivity contribution in [2.75, 3.05) is 5.73 Å². The van der Waals surface area contributed by atoms with Crippen LogP contribution in [0.15, 0.2) is 18.2 Å². The van der Waals surface area contributed by atoms with E-state index < -0.39 is 0 Å². The number of nitrogen functional groups attached to an aromatic ring is 1. The van der Waals surface area contributed by atoms with Crippen LogP contribution in [-0.4, -0.2) is 11.9 Å². The summed E-state index contributed by atoms with van der Waals surface area (Å²) in [5, 5.41) is 3.60. The van der Waals surface area contributed by atoms with E-state index in [1.54, 1.807) is 18.2 Å². The second-order valence-electron chi connectivity index (χ2n) is 5.38. The summed E-state index contributed by atoms with van der Waals surface area (Å²) in [6.45, 7) is 2.21. The SMILES string of the molecule is CCC1CCCC(NC(=O)c2cc(N)cc(Cl)c2)C1. The standard InChI is InChI=1S/C15H21ClN2O/c1-2-10-4-3-5-14(6-10)18-15(19)11-7-12(16)9-13(17)8-11/h7-10,14H,2-6,17H2,1H3,(H,18,19). The second kappa shape index (κ2) is 6.29. The van der Waals surface area contributed by atoms with Gasteiger partial charge in [-0.15, -0.1) is 0 Å². The average Bonchev–Trinajstić information content (AvgIpc) is 2.37. The maximum atomic E-state index is 12.2. The number of benzene rings is 1. The van der Waals surface area contributed by atoms with Gasteiger partial charge in [0.25, 0.3) is 5.91 Å². The van der Waals surface area contributed by atoms with Crippen molar-refractivity contribution in [1.82, 2.24) is 5.32 Å². The highest BCUT2D eigenvalue weighted by Gasteiger charge is 2.22. The van der Waals surface area contributed by atoms with Crippen molar-refractivity contribution in [2.45, 2.75) is 45.1 Å². The van der Waals surface area contributed by atoms with Crippen molar-refractivity contribution < 1.29 is 4.79 Å². The molecule has 0 aromatic heterocycles. The van der Waals surface area contributed by atoms with E-state index in [9.17, 15) is 4.79 Å². The maximum absolute atomic E-state index is 12.2. The highest BCUT2D eigenvalue weighted by atomic mass is 35.5. The molecule has 19 heavy (non-hydrogen) atoms. The lowest BCUT2D eigenvalue weighted by molar-refractivity contribution is 0.0919. The van der Waals surface area contributed by atoms with Crippen LogP contribution in [0.25, 0.3) is 0 Å². The molecule has 1 aromatic rings. The average molecular weight is 281 g/mol. The summed E-state index contributed by atoms with van der Waals surface area (Å²) in [6, 6.07) is 5.26. The van der Waals surface area contributed by atoms with E-state index in [2.05, 4.69) is 12.2 Å². The van der Waals surface area contributed by atoms with Gasteiger partial charge in [0.1, 0.15) is 0 Å². The Morgan fingerprint density at radius 2 is 2.21 bits per heavy atom. The van der Waals surface area contributed by atoms with Crippen LogP contribution in [0, 0.1) is 5.92 Å². The number of anilines is 1. The topological polar surface area (TPSA) is 55.1 Å². The first-order valence-corrected chi connectivity index (χ1v) is 7.33. The van der Waals surface area contributed by atoms with E-state index >= 15 is 0 Å². The lowest BCUT2D eigenvalue weighted by Gasteiger charge is -2.29. The molecule has 1 aromatic carbocycles. The van der Waals surface area contributed by atoms with Crippen LogP contribution in [0.3, 0.4) is 0 Å². The minimum Gasteiger partial charge on any atom is -0.399 e. The molecule has 2 unspecified atom stereocenters. The number of carbonyl (C=O) groups is 1. The molecule has 3 N–H and O–H groups in total. The Kier molecular flexibility index (Phi) is 4.70. The summed E-state index contributed by atoms with van der Waals surface area (Å²) in [4.78, 5) is 12.2. The fourth-order valence-corrected chi connectivity index (χ4v) is 3.05. The predicted octanol–water partition coefficient (Wildman–Crippen LogP) is 3.62. The van der Waals surface area contributed by atoms with Gasteiger partial charge in [-0.3, -0.25) is 4.79 Å². The van der Waals surface area contributed by atoms with Gasteiger partial charge in [-0.25, -0.2) is 0 Å². The normalized spacial score (nSPS) is 23.1. The molecular weight excluding hydrogens is 260 g/mol. The molecule has 1 amide bonds. The van der Waals surface area contributed by atoms with Crippen LogP contribution in [0.2, 0.25) is 5.02 Å². The smallest absolute Gasteiger partial charge is 0.251 e. The van der Waals surface area contributed by atoms with Crippen LogP contribution < -0.4 is 11.1 Å². The fourth-order valence-electron chi connectivity index (χ4n) is 2.81. The van der Waals surface area contributed by atoms with E-state index in [1.807, 2.05) is 0 Å². The number of rotatable bonds is 3. The molecule has 1 aliphatic rings. The van der Waals surface area contributed by atoms with Gasteiger partial charge < -0.3 is 11.1 Å². The molecule has 4 heteroatoms. The minimum atomic E-state index is -0.0732. The highest BCUT2D eigenvalue weighted by molar-refractivity contribution is 6.31. The van der Waals surface area contributed by atoms with Gasteiger partial charge in [-0.2, -0.15) is 0 Å². The molecule has 104 valence electrons. The van der Waals surface area contributed by atoms with Crippen molar-refractivity contribution in [1.29, 1.82) is 0 Å². The Balaban J connectivity index is 2.00. The van der Waals surface area contributed by atoms with E-state index in [1.165, 1.54) is 19.3 Å². The molecule has 3 nitrogen and oxygen atoms in total. The zero-order valence-corrected chi connectivity index (χ0v) is 12.0. The van der Waals surface area contributed by atoms with Crippen LogP contribution in [0.1, 0.15) is 49.4 Å². The first-order chi connectivity index (χ1) is 9.08. The van der Waals surface area contributed by atoms with Gasteiger partial charge in [-0.1, -0.05) is 37.8 Å². The zero-order chi connectivity index (χ0) is 13.8. The summed E-state index contributed by atoms with van der Waals surface area (Å²) >= 11 is 5.92. The van der Waals surface area contributed by atoms with Crippen molar-refractivity contribution in [3.05, 3.63) is 28.8 Å². The predicted molar refractivity (Wildman–Crippen MR) is 79.4 cm³/mol. The number of nitrogens with one attached hydrogen (secondary N) is 1. The lowest BCUT2D eigenvalue weighted by Crippen LogP contribution is -2.38. The molecule has 0 saturated heterocycles. The first kappa shape index (κ1) is 14.2. The fraction of sp³-hybridized carbons (Fsp3) is 0.533. The molecule has 2 rings (SSSR count). The monoisotopic (exact) mass is 280 g/mol. The molecule has 1 saturated carbocycles. The minimum absolute atomic E-state index is 0.0732. The number of hydrogen-bond acceptors (Lipinski definition) is 2. The summed E-state index contributed by atoms with van der Waals surface area (Å²) < 4.78 is 0. The number of carbonyl (C=O) groups excluding carboxylic acids is 1. The summed E-state index contributed by atoms with van der Waals surface area (Å²) in [7, 11) is 0. The largest absolute Gasteiger partial charge is 0.399 e. The summed E-state index contributed by atoms with van der Waals surface area (Å²) in [6.07, 6.45) is 5.82. The molecule has 0 heterocycles. The van der Waals surface area contributed by atoms with E-state index in [0.29, 0.717) is 16.3 Å². The van der Waals surface area contributed by atoms with Crippen LogP contribution in [0.5, 0.6) is 0 Å². The van der Waals surface area contributed by atoms with Crippen molar-refractivity contribution in [3.8, 4) is 0 Å². The van der Waals surface area contributed by atoms with Gasteiger partial charge in [0, 0.05) is 22.3 Å². The summed E-state index contributed by atoms with van der Waals surface area (Å²) in [5.74, 6) is 0.666. The lowest BCUT2D eigenvalue weighted by atomic mass is 9.84. The third-order valence-corrected chi connectivity index (χ3v) is 4.10. The third-order valence-electron chi connectivity index (χ3n) is 3.88. The van der Waals surface area contributed by atoms with Crippen molar-refractivity contribution in [2.24, 2.45) is 5.92 Å². The molecule has 2 atom stereocenters. The quantitative estimate of drug-likeness (QED) is 0.831. The Labute approximate surface area is 119 Å². The molecule has 0 aliphatic heterocycles. The summed E-state index contributed by atoms with van der Waals surface area (Å²) in [5.41, 5.74) is 6.78. The van der Waals surface area contributed by atoms with E-state index in [0.717, 1.165) is 18.8 Å². The van der Waals surface area contributed by atoms with Gasteiger partial charge in [0.15, 0.2) is 0 Å². The molecule has 0 spiro atoms. The first-order valence-electron chi connectivity index (χ1n) is 6.95. The van der Waals surface area contributed by atoms with E-state index in [4.69, 9.17) is 17.3 Å².